The standard InChI is InChI=1S/C21H32N6O4S/c1-4-24(5-2)12-13-25-16-18(15-22-25)23-20-7-6-19(14-21(20)27(28)29)32(30,31)26-10-8-17(3)9-11-26/h6-7,14-17,23H,4-5,8-13H2,1-3H3. The molecular formula is C21H32N6O4S. The van der Waals surface area contributed by atoms with Crippen molar-refractivity contribution in [2.24, 2.45) is 5.92 Å². The van der Waals surface area contributed by atoms with Gasteiger partial charge in [-0.3, -0.25) is 14.8 Å². The van der Waals surface area contributed by atoms with E-state index in [2.05, 4.69) is 36.1 Å². The molecule has 0 saturated carbocycles. The Bertz CT molecular complexity index is 1030. The molecule has 0 radical (unpaired) electrons. The Morgan fingerprint density at radius 1 is 1.25 bits per heavy atom. The van der Waals surface area contributed by atoms with Gasteiger partial charge >= 0.3 is 0 Å². The Hall–Kier alpha value is -2.50. The fraction of sp³-hybridized carbons (Fsp3) is 0.571. The summed E-state index contributed by atoms with van der Waals surface area (Å²) in [6, 6.07) is 4.01. The number of benzene rings is 1. The molecule has 2 aromatic rings. The molecule has 1 fully saturated rings. The summed E-state index contributed by atoms with van der Waals surface area (Å²) in [5.41, 5.74) is 0.546. The molecule has 3 rings (SSSR count). The Kier molecular flexibility index (Phi) is 7.86. The van der Waals surface area contributed by atoms with E-state index < -0.39 is 14.9 Å². The van der Waals surface area contributed by atoms with Crippen molar-refractivity contribution in [2.45, 2.75) is 45.1 Å². The predicted molar refractivity (Wildman–Crippen MR) is 124 cm³/mol. The minimum absolute atomic E-state index is 0.0563. The van der Waals surface area contributed by atoms with Crippen molar-refractivity contribution in [2.75, 3.05) is 38.0 Å². The molecule has 1 aromatic carbocycles. The Balaban J connectivity index is 1.76. The van der Waals surface area contributed by atoms with E-state index in [0.29, 0.717) is 31.2 Å². The van der Waals surface area contributed by atoms with Crippen LogP contribution in [0.2, 0.25) is 0 Å². The molecule has 1 aliphatic rings. The largest absolute Gasteiger partial charge is 0.347 e. The first-order valence-electron chi connectivity index (χ1n) is 11.0. The SMILES string of the molecule is CCN(CC)CCn1cc(Nc2ccc(S(=O)(=O)N3CCC(C)CC3)cc2[N+](=O)[O-])cn1. The van der Waals surface area contributed by atoms with Crippen LogP contribution in [0.5, 0.6) is 0 Å². The van der Waals surface area contributed by atoms with Crippen molar-refractivity contribution in [3.8, 4) is 0 Å². The van der Waals surface area contributed by atoms with Crippen molar-refractivity contribution in [1.82, 2.24) is 19.0 Å². The van der Waals surface area contributed by atoms with Crippen LogP contribution < -0.4 is 5.32 Å². The molecule has 0 aliphatic carbocycles. The zero-order chi connectivity index (χ0) is 23.3. The number of hydrogen-bond acceptors (Lipinski definition) is 7. The lowest BCUT2D eigenvalue weighted by atomic mass is 10.0. The van der Waals surface area contributed by atoms with Crippen molar-refractivity contribution in [1.29, 1.82) is 0 Å². The number of likely N-dealkylation sites (N-methyl/N-ethyl adjacent to an activating group) is 1. The van der Waals surface area contributed by atoms with E-state index in [0.717, 1.165) is 38.5 Å². The van der Waals surface area contributed by atoms with E-state index >= 15 is 0 Å². The van der Waals surface area contributed by atoms with Gasteiger partial charge in [0.15, 0.2) is 0 Å². The quantitative estimate of drug-likeness (QED) is 0.424. The zero-order valence-corrected chi connectivity index (χ0v) is 19.7. The lowest BCUT2D eigenvalue weighted by Gasteiger charge is -2.29. The first-order valence-corrected chi connectivity index (χ1v) is 12.5. The molecule has 10 nitrogen and oxygen atoms in total. The van der Waals surface area contributed by atoms with Crippen molar-refractivity contribution in [3.63, 3.8) is 0 Å². The third-order valence-electron chi connectivity index (χ3n) is 6.00. The van der Waals surface area contributed by atoms with Crippen LogP contribution >= 0.6 is 0 Å². The maximum Gasteiger partial charge on any atom is 0.294 e. The minimum atomic E-state index is -3.77. The third kappa shape index (κ3) is 5.64. The second-order valence-corrected chi connectivity index (χ2v) is 10.1. The average Bonchev–Trinajstić information content (AvgIpc) is 3.22. The number of nitro groups is 1. The van der Waals surface area contributed by atoms with Crippen molar-refractivity contribution in [3.05, 3.63) is 40.7 Å². The van der Waals surface area contributed by atoms with E-state index in [1.165, 1.54) is 16.4 Å². The van der Waals surface area contributed by atoms with Crippen LogP contribution in [0.25, 0.3) is 0 Å². The molecule has 1 aliphatic heterocycles. The smallest absolute Gasteiger partial charge is 0.294 e. The molecule has 0 unspecified atom stereocenters. The fourth-order valence-electron chi connectivity index (χ4n) is 3.79. The number of nitrogens with zero attached hydrogens (tertiary/aromatic N) is 5. The van der Waals surface area contributed by atoms with Crippen molar-refractivity contribution < 1.29 is 13.3 Å². The summed E-state index contributed by atoms with van der Waals surface area (Å²) in [5, 5.41) is 19.0. The van der Waals surface area contributed by atoms with Gasteiger partial charge in [-0.2, -0.15) is 9.40 Å². The molecule has 0 amide bonds. The zero-order valence-electron chi connectivity index (χ0n) is 18.9. The van der Waals surface area contributed by atoms with Crippen LogP contribution in [0.3, 0.4) is 0 Å². The summed E-state index contributed by atoms with van der Waals surface area (Å²) in [7, 11) is -3.77. The minimum Gasteiger partial charge on any atom is -0.347 e. The molecule has 32 heavy (non-hydrogen) atoms. The predicted octanol–water partition coefficient (Wildman–Crippen LogP) is 3.30. The van der Waals surface area contributed by atoms with Gasteiger partial charge in [0.05, 0.1) is 28.2 Å². The lowest BCUT2D eigenvalue weighted by molar-refractivity contribution is -0.384. The molecule has 1 aromatic heterocycles. The van der Waals surface area contributed by atoms with Crippen LogP contribution in [-0.4, -0.2) is 65.1 Å². The highest BCUT2D eigenvalue weighted by molar-refractivity contribution is 7.89. The first-order chi connectivity index (χ1) is 15.2. The van der Waals surface area contributed by atoms with Gasteiger partial charge < -0.3 is 10.2 Å². The van der Waals surface area contributed by atoms with Crippen LogP contribution in [0.15, 0.2) is 35.5 Å². The number of aromatic nitrogens is 2. The topological polar surface area (TPSA) is 114 Å². The van der Waals surface area contributed by atoms with Gasteiger partial charge in [-0.05, 0) is 44.0 Å². The van der Waals surface area contributed by atoms with Gasteiger partial charge in [-0.25, -0.2) is 8.42 Å². The number of nitro benzene ring substituents is 1. The van der Waals surface area contributed by atoms with E-state index in [-0.39, 0.29) is 16.3 Å². The van der Waals surface area contributed by atoms with E-state index in [1.54, 1.807) is 17.1 Å². The first kappa shape index (κ1) is 24.1. The summed E-state index contributed by atoms with van der Waals surface area (Å²) >= 11 is 0. The molecule has 1 saturated heterocycles. The van der Waals surface area contributed by atoms with Crippen molar-refractivity contribution >= 4 is 27.1 Å². The molecule has 11 heteroatoms. The summed E-state index contributed by atoms with van der Waals surface area (Å²) in [6.07, 6.45) is 4.97. The summed E-state index contributed by atoms with van der Waals surface area (Å²) in [6.45, 7) is 10.7. The number of hydrogen-bond donors (Lipinski definition) is 1. The van der Waals surface area contributed by atoms with E-state index in [4.69, 9.17) is 0 Å². The summed E-state index contributed by atoms with van der Waals surface area (Å²) in [4.78, 5) is 13.3. The maximum atomic E-state index is 13.0. The second kappa shape index (κ2) is 10.4. The molecule has 1 N–H and O–H groups in total. The molecule has 0 spiro atoms. The van der Waals surface area contributed by atoms with E-state index in [9.17, 15) is 18.5 Å². The maximum absolute atomic E-state index is 13.0. The van der Waals surface area contributed by atoms with Crippen LogP contribution in [0, 0.1) is 16.0 Å². The van der Waals surface area contributed by atoms with E-state index in [1.807, 2.05) is 0 Å². The second-order valence-electron chi connectivity index (χ2n) is 8.17. The van der Waals surface area contributed by atoms with Crippen LogP contribution in [0.1, 0.15) is 33.6 Å². The fourth-order valence-corrected chi connectivity index (χ4v) is 5.28. The lowest BCUT2D eigenvalue weighted by Crippen LogP contribution is -2.37. The number of piperidine rings is 1. The number of rotatable bonds is 10. The number of nitrogens with one attached hydrogen (secondary N) is 1. The number of anilines is 2. The molecule has 0 atom stereocenters. The number of sulfonamides is 1. The Labute approximate surface area is 189 Å². The Morgan fingerprint density at radius 3 is 2.56 bits per heavy atom. The third-order valence-corrected chi connectivity index (χ3v) is 7.89. The normalized spacial score (nSPS) is 15.9. The van der Waals surface area contributed by atoms with Gasteiger partial charge in [-0.1, -0.05) is 20.8 Å². The monoisotopic (exact) mass is 464 g/mol. The molecule has 176 valence electrons. The summed E-state index contributed by atoms with van der Waals surface area (Å²) < 4.78 is 29.2. The van der Waals surface area contributed by atoms with Gasteiger partial charge in [0.1, 0.15) is 5.69 Å². The van der Waals surface area contributed by atoms with Gasteiger partial charge in [0.2, 0.25) is 10.0 Å². The molecule has 2 heterocycles. The van der Waals surface area contributed by atoms with Crippen LogP contribution in [-0.2, 0) is 16.6 Å². The highest BCUT2D eigenvalue weighted by Gasteiger charge is 2.30. The molecular weight excluding hydrogens is 432 g/mol. The average molecular weight is 465 g/mol. The van der Waals surface area contributed by atoms with Gasteiger partial charge in [0.25, 0.3) is 5.69 Å². The van der Waals surface area contributed by atoms with Gasteiger partial charge in [0, 0.05) is 31.9 Å². The van der Waals surface area contributed by atoms with Crippen LogP contribution in [0.4, 0.5) is 17.1 Å². The molecule has 0 bridgehead atoms. The summed E-state index contributed by atoms with van der Waals surface area (Å²) in [5.74, 6) is 0.482. The highest BCUT2D eigenvalue weighted by Crippen LogP contribution is 2.32. The Morgan fingerprint density at radius 2 is 1.94 bits per heavy atom. The van der Waals surface area contributed by atoms with Gasteiger partial charge in [-0.15, -0.1) is 0 Å². The highest BCUT2D eigenvalue weighted by atomic mass is 32.2.